The van der Waals surface area contributed by atoms with Crippen LogP contribution >= 0.6 is 0 Å². The van der Waals surface area contributed by atoms with Crippen LogP contribution in [0.5, 0.6) is 0 Å². The second kappa shape index (κ2) is 7.28. The standard InChI is InChI=1S/C14H19N3O4/c1-9-5-4-6-10(12(9)13(19)20)16-14(21)17(3)8-7-11(18)15-2/h4-6H,7-8H2,1-3H3,(H,15,18)(H,16,21)(H,19,20). The van der Waals surface area contributed by atoms with Gasteiger partial charge in [0.2, 0.25) is 5.91 Å². The monoisotopic (exact) mass is 293 g/mol. The second-order valence-electron chi connectivity index (χ2n) is 4.58. The number of hydrogen-bond donors (Lipinski definition) is 3. The average Bonchev–Trinajstić information content (AvgIpc) is 2.43. The number of hydrogen-bond acceptors (Lipinski definition) is 3. The number of nitrogens with one attached hydrogen (secondary N) is 2. The first kappa shape index (κ1) is 16.5. The molecule has 0 saturated carbocycles. The average molecular weight is 293 g/mol. The third-order valence-electron chi connectivity index (χ3n) is 3.03. The van der Waals surface area contributed by atoms with E-state index < -0.39 is 12.0 Å². The number of carboxylic acids is 1. The summed E-state index contributed by atoms with van der Waals surface area (Å²) < 4.78 is 0. The Hall–Kier alpha value is -2.57. The van der Waals surface area contributed by atoms with Gasteiger partial charge in [-0.1, -0.05) is 12.1 Å². The minimum Gasteiger partial charge on any atom is -0.478 e. The van der Waals surface area contributed by atoms with Crippen molar-refractivity contribution in [1.29, 1.82) is 0 Å². The Bertz CT molecular complexity index is 557. The Kier molecular flexibility index (Phi) is 5.71. The highest BCUT2D eigenvalue weighted by Crippen LogP contribution is 2.19. The van der Waals surface area contributed by atoms with E-state index in [0.717, 1.165) is 0 Å². The molecule has 0 aliphatic heterocycles. The number of urea groups is 1. The van der Waals surface area contributed by atoms with Crippen LogP contribution in [0.4, 0.5) is 10.5 Å². The summed E-state index contributed by atoms with van der Waals surface area (Å²) in [5.74, 6) is -1.27. The van der Waals surface area contributed by atoms with E-state index >= 15 is 0 Å². The second-order valence-corrected chi connectivity index (χ2v) is 4.58. The predicted octanol–water partition coefficient (Wildman–Crippen LogP) is 1.29. The fourth-order valence-electron chi connectivity index (χ4n) is 1.76. The predicted molar refractivity (Wildman–Crippen MR) is 78.5 cm³/mol. The lowest BCUT2D eigenvalue weighted by molar-refractivity contribution is -0.120. The number of aromatic carboxylic acids is 1. The van der Waals surface area contributed by atoms with Gasteiger partial charge in [-0.15, -0.1) is 0 Å². The molecule has 0 bridgehead atoms. The molecule has 0 spiro atoms. The van der Waals surface area contributed by atoms with Crippen LogP contribution in [0.25, 0.3) is 0 Å². The van der Waals surface area contributed by atoms with Crippen molar-refractivity contribution in [2.24, 2.45) is 0 Å². The van der Waals surface area contributed by atoms with Crippen molar-refractivity contribution in [2.45, 2.75) is 13.3 Å². The molecule has 0 radical (unpaired) electrons. The topological polar surface area (TPSA) is 98.7 Å². The zero-order valence-electron chi connectivity index (χ0n) is 12.3. The molecule has 3 amide bonds. The minimum absolute atomic E-state index is 0.0607. The van der Waals surface area contributed by atoms with Crippen molar-refractivity contribution in [3.63, 3.8) is 0 Å². The summed E-state index contributed by atoms with van der Waals surface area (Å²) in [6, 6.07) is 4.39. The molecule has 0 aliphatic carbocycles. The number of aryl methyl sites for hydroxylation is 1. The van der Waals surface area contributed by atoms with Crippen LogP contribution in [0, 0.1) is 6.92 Å². The van der Waals surface area contributed by atoms with Gasteiger partial charge in [-0.3, -0.25) is 4.79 Å². The largest absolute Gasteiger partial charge is 0.478 e. The molecule has 0 heterocycles. The zero-order valence-corrected chi connectivity index (χ0v) is 12.3. The first-order valence-electron chi connectivity index (χ1n) is 6.42. The molecular weight excluding hydrogens is 274 g/mol. The lowest BCUT2D eigenvalue weighted by Crippen LogP contribution is -2.35. The molecular formula is C14H19N3O4. The van der Waals surface area contributed by atoms with Crippen LogP contribution in [0.1, 0.15) is 22.3 Å². The molecule has 7 heteroatoms. The minimum atomic E-state index is -1.10. The summed E-state index contributed by atoms with van der Waals surface area (Å²) in [6.45, 7) is 1.90. The molecule has 0 unspecified atom stereocenters. The first-order valence-corrected chi connectivity index (χ1v) is 6.42. The Morgan fingerprint density at radius 2 is 1.95 bits per heavy atom. The summed E-state index contributed by atoms with van der Waals surface area (Å²) in [7, 11) is 3.06. The molecule has 7 nitrogen and oxygen atoms in total. The smallest absolute Gasteiger partial charge is 0.338 e. The van der Waals surface area contributed by atoms with Crippen molar-refractivity contribution in [3.8, 4) is 0 Å². The summed E-state index contributed by atoms with van der Waals surface area (Å²) in [5.41, 5.74) is 0.859. The van der Waals surface area contributed by atoms with E-state index in [1.54, 1.807) is 19.1 Å². The van der Waals surface area contributed by atoms with Crippen molar-refractivity contribution in [2.75, 3.05) is 26.0 Å². The summed E-state index contributed by atoms with van der Waals surface area (Å²) in [6.07, 6.45) is 0.181. The van der Waals surface area contributed by atoms with Crippen LogP contribution in [0.15, 0.2) is 18.2 Å². The molecule has 0 aromatic heterocycles. The maximum atomic E-state index is 12.0. The summed E-state index contributed by atoms with van der Waals surface area (Å²) in [5, 5.41) is 14.2. The lowest BCUT2D eigenvalue weighted by Gasteiger charge is -2.18. The molecule has 1 rings (SSSR count). The van der Waals surface area contributed by atoms with Gasteiger partial charge in [-0.25, -0.2) is 9.59 Å². The Morgan fingerprint density at radius 3 is 2.52 bits per heavy atom. The molecule has 114 valence electrons. The third-order valence-corrected chi connectivity index (χ3v) is 3.03. The number of anilines is 1. The zero-order chi connectivity index (χ0) is 16.0. The number of nitrogens with zero attached hydrogens (tertiary/aromatic N) is 1. The maximum Gasteiger partial charge on any atom is 0.338 e. The van der Waals surface area contributed by atoms with Crippen LogP contribution in [-0.2, 0) is 4.79 Å². The lowest BCUT2D eigenvalue weighted by atomic mass is 10.1. The van der Waals surface area contributed by atoms with Gasteiger partial charge in [-0.05, 0) is 18.6 Å². The quantitative estimate of drug-likeness (QED) is 0.762. The number of benzene rings is 1. The molecule has 1 aromatic rings. The molecule has 0 fully saturated rings. The molecule has 21 heavy (non-hydrogen) atoms. The number of carbonyl (C=O) groups is 3. The van der Waals surface area contributed by atoms with E-state index in [4.69, 9.17) is 0 Å². The highest BCUT2D eigenvalue weighted by atomic mass is 16.4. The van der Waals surface area contributed by atoms with E-state index in [2.05, 4.69) is 10.6 Å². The first-order chi connectivity index (χ1) is 9.86. The van der Waals surface area contributed by atoms with E-state index in [1.807, 2.05) is 0 Å². The Morgan fingerprint density at radius 1 is 1.29 bits per heavy atom. The van der Waals surface area contributed by atoms with Crippen LogP contribution in [-0.4, -0.2) is 48.6 Å². The van der Waals surface area contributed by atoms with Crippen molar-refractivity contribution in [1.82, 2.24) is 10.2 Å². The van der Waals surface area contributed by atoms with Gasteiger partial charge in [0, 0.05) is 27.1 Å². The molecule has 0 atom stereocenters. The third kappa shape index (κ3) is 4.48. The molecule has 3 N–H and O–H groups in total. The number of amides is 3. The molecule has 0 saturated heterocycles. The van der Waals surface area contributed by atoms with Crippen molar-refractivity contribution < 1.29 is 19.5 Å². The number of rotatable bonds is 5. The normalized spacial score (nSPS) is 9.86. The Balaban J connectivity index is 2.77. The SMILES string of the molecule is CNC(=O)CCN(C)C(=O)Nc1cccc(C)c1C(=O)O. The van der Waals surface area contributed by atoms with Crippen molar-refractivity contribution >= 4 is 23.6 Å². The highest BCUT2D eigenvalue weighted by molar-refractivity contribution is 6.01. The molecule has 1 aromatic carbocycles. The van der Waals surface area contributed by atoms with E-state index in [1.165, 1.54) is 25.1 Å². The highest BCUT2D eigenvalue weighted by Gasteiger charge is 2.17. The van der Waals surface area contributed by atoms with Gasteiger partial charge in [0.05, 0.1) is 11.3 Å². The fraction of sp³-hybridized carbons (Fsp3) is 0.357. The van der Waals surface area contributed by atoms with E-state index in [9.17, 15) is 19.5 Å². The summed E-state index contributed by atoms with van der Waals surface area (Å²) in [4.78, 5) is 35.7. The van der Waals surface area contributed by atoms with Gasteiger partial charge in [0.15, 0.2) is 0 Å². The van der Waals surface area contributed by atoms with Gasteiger partial charge >= 0.3 is 12.0 Å². The Labute approximate surface area is 122 Å². The van der Waals surface area contributed by atoms with Gasteiger partial charge in [0.25, 0.3) is 0 Å². The molecule has 0 aliphatic rings. The maximum absolute atomic E-state index is 12.0. The van der Waals surface area contributed by atoms with E-state index in [-0.39, 0.29) is 30.1 Å². The number of carboxylic acid groups (broad SMARTS) is 1. The van der Waals surface area contributed by atoms with Gasteiger partial charge in [-0.2, -0.15) is 0 Å². The van der Waals surface area contributed by atoms with Gasteiger partial charge in [0.1, 0.15) is 0 Å². The van der Waals surface area contributed by atoms with Crippen molar-refractivity contribution in [3.05, 3.63) is 29.3 Å². The van der Waals surface area contributed by atoms with Crippen LogP contribution in [0.2, 0.25) is 0 Å². The van der Waals surface area contributed by atoms with Crippen LogP contribution < -0.4 is 10.6 Å². The van der Waals surface area contributed by atoms with E-state index in [0.29, 0.717) is 5.56 Å². The number of carbonyl (C=O) groups excluding carboxylic acids is 2. The van der Waals surface area contributed by atoms with Crippen LogP contribution in [0.3, 0.4) is 0 Å². The fourth-order valence-corrected chi connectivity index (χ4v) is 1.76. The summed E-state index contributed by atoms with van der Waals surface area (Å²) >= 11 is 0. The van der Waals surface area contributed by atoms with Gasteiger partial charge < -0.3 is 20.6 Å².